The molecule has 0 aromatic heterocycles. The predicted molar refractivity (Wildman–Crippen MR) is 90.0 cm³/mol. The number of hydrogen-bond donors (Lipinski definition) is 3. The van der Waals surface area contributed by atoms with Gasteiger partial charge in [-0.15, -0.1) is 0 Å². The third kappa shape index (κ3) is 5.22. The fourth-order valence-electron chi connectivity index (χ4n) is 2.37. The second kappa shape index (κ2) is 7.89. The molecule has 0 spiro atoms. The Labute approximate surface area is 157 Å². The monoisotopic (exact) mass is 402 g/mol. The summed E-state index contributed by atoms with van der Waals surface area (Å²) in [5, 5.41) is 19.7. The van der Waals surface area contributed by atoms with E-state index in [1.54, 1.807) is 12.1 Å². The number of fused-ring (bicyclic) bond motifs is 1. The molecular weight excluding hydrogens is 385 g/mol. The van der Waals surface area contributed by atoms with Crippen LogP contribution in [-0.2, 0) is 14.3 Å². The van der Waals surface area contributed by atoms with Crippen molar-refractivity contribution < 1.29 is 42.5 Å². The first-order chi connectivity index (χ1) is 12.9. The molecule has 1 aliphatic carbocycles. The summed E-state index contributed by atoms with van der Waals surface area (Å²) in [6, 6.07) is 4.83. The van der Waals surface area contributed by atoms with Crippen LogP contribution in [0.4, 0.5) is 18.9 Å². The number of anilines is 1. The van der Waals surface area contributed by atoms with Crippen molar-refractivity contribution in [1.29, 1.82) is 0 Å². The summed E-state index contributed by atoms with van der Waals surface area (Å²) in [5.74, 6) is -3.40. The SMILES string of the molecule is CN(C)c1ccc(C(=O)NC2=CC(=O)C3OC3C2)c(O)c1.O=C(O)C(F)(F)F. The summed E-state index contributed by atoms with van der Waals surface area (Å²) >= 11 is 0. The standard InChI is InChI=1S/C15H16N2O4.C2HF3O2/c1-17(2)9-3-4-10(11(18)7-9)15(20)16-8-5-12(19)14-13(6-8)21-14;3-2(4,5)1(6)7/h3-5,7,13-14,18H,6H2,1-2H3,(H,16,20);(H,6,7). The van der Waals surface area contributed by atoms with E-state index in [9.17, 15) is 27.9 Å². The zero-order valence-electron chi connectivity index (χ0n) is 14.8. The molecule has 3 N–H and O–H groups in total. The van der Waals surface area contributed by atoms with E-state index in [-0.39, 0.29) is 29.3 Å². The average Bonchev–Trinajstić information content (AvgIpc) is 3.34. The van der Waals surface area contributed by atoms with Crippen molar-refractivity contribution in [3.05, 3.63) is 35.5 Å². The van der Waals surface area contributed by atoms with Crippen LogP contribution in [0.2, 0.25) is 0 Å². The normalized spacial score (nSPS) is 20.2. The van der Waals surface area contributed by atoms with Crippen LogP contribution in [0.1, 0.15) is 16.8 Å². The van der Waals surface area contributed by atoms with Crippen molar-refractivity contribution in [1.82, 2.24) is 5.32 Å². The van der Waals surface area contributed by atoms with Crippen LogP contribution in [0.25, 0.3) is 0 Å². The number of epoxide rings is 1. The molecule has 1 aromatic carbocycles. The van der Waals surface area contributed by atoms with E-state index < -0.39 is 18.1 Å². The molecule has 2 atom stereocenters. The van der Waals surface area contributed by atoms with Gasteiger partial charge < -0.3 is 25.2 Å². The Morgan fingerprint density at radius 2 is 1.89 bits per heavy atom. The number of nitrogens with one attached hydrogen (secondary N) is 1. The lowest BCUT2D eigenvalue weighted by Crippen LogP contribution is -2.27. The van der Waals surface area contributed by atoms with Gasteiger partial charge in [-0.3, -0.25) is 9.59 Å². The Morgan fingerprint density at radius 3 is 2.36 bits per heavy atom. The molecule has 2 aliphatic rings. The molecular formula is C17H17F3N2O6. The third-order valence-corrected chi connectivity index (χ3v) is 3.86. The number of aliphatic carboxylic acids is 1. The van der Waals surface area contributed by atoms with Crippen molar-refractivity contribution in [3.63, 3.8) is 0 Å². The van der Waals surface area contributed by atoms with Gasteiger partial charge in [-0.2, -0.15) is 13.2 Å². The van der Waals surface area contributed by atoms with E-state index in [1.165, 1.54) is 12.1 Å². The van der Waals surface area contributed by atoms with E-state index in [4.69, 9.17) is 14.6 Å². The maximum atomic E-state index is 12.2. The minimum Gasteiger partial charge on any atom is -0.507 e. The highest BCUT2D eigenvalue weighted by Gasteiger charge is 2.47. The largest absolute Gasteiger partial charge is 0.507 e. The van der Waals surface area contributed by atoms with Gasteiger partial charge in [-0.25, -0.2) is 4.79 Å². The van der Waals surface area contributed by atoms with Crippen molar-refractivity contribution >= 4 is 23.3 Å². The number of ketones is 1. The van der Waals surface area contributed by atoms with Crippen LogP contribution < -0.4 is 10.2 Å². The van der Waals surface area contributed by atoms with Crippen molar-refractivity contribution in [2.24, 2.45) is 0 Å². The van der Waals surface area contributed by atoms with Gasteiger partial charge in [0.25, 0.3) is 5.91 Å². The minimum atomic E-state index is -5.08. The number of carbonyl (C=O) groups is 3. The Balaban J connectivity index is 0.000000345. The van der Waals surface area contributed by atoms with Gasteiger partial charge in [0.1, 0.15) is 11.9 Å². The van der Waals surface area contributed by atoms with E-state index in [0.29, 0.717) is 12.1 Å². The molecule has 1 aromatic rings. The number of carboxylic acids is 1. The molecule has 11 heteroatoms. The zero-order valence-corrected chi connectivity index (χ0v) is 14.8. The summed E-state index contributed by atoms with van der Waals surface area (Å²) in [4.78, 5) is 34.4. The molecule has 28 heavy (non-hydrogen) atoms. The number of phenolic OH excluding ortho intramolecular Hbond substituents is 1. The van der Waals surface area contributed by atoms with Gasteiger partial charge in [0, 0.05) is 44.0 Å². The number of carbonyl (C=O) groups excluding carboxylic acids is 2. The molecule has 0 saturated carbocycles. The van der Waals surface area contributed by atoms with Gasteiger partial charge in [-0.1, -0.05) is 0 Å². The molecule has 1 saturated heterocycles. The Morgan fingerprint density at radius 1 is 1.29 bits per heavy atom. The van der Waals surface area contributed by atoms with E-state index in [0.717, 1.165) is 5.69 Å². The number of phenols is 1. The fourth-order valence-corrected chi connectivity index (χ4v) is 2.37. The lowest BCUT2D eigenvalue weighted by atomic mass is 10.0. The topological polar surface area (TPSA) is 119 Å². The third-order valence-electron chi connectivity index (χ3n) is 3.86. The molecule has 1 amide bonds. The van der Waals surface area contributed by atoms with Crippen LogP contribution in [0, 0.1) is 0 Å². The number of alkyl halides is 3. The molecule has 3 rings (SSSR count). The highest BCUT2D eigenvalue weighted by atomic mass is 19.4. The van der Waals surface area contributed by atoms with Gasteiger partial charge in [0.2, 0.25) is 0 Å². The van der Waals surface area contributed by atoms with Crippen molar-refractivity contribution in [2.45, 2.75) is 24.8 Å². The molecule has 1 heterocycles. The number of benzene rings is 1. The van der Waals surface area contributed by atoms with Gasteiger partial charge in [-0.05, 0) is 12.1 Å². The number of amides is 1. The number of nitrogens with zero attached hydrogens (tertiary/aromatic N) is 1. The van der Waals surface area contributed by atoms with Crippen LogP contribution in [0.15, 0.2) is 30.0 Å². The first kappa shape index (κ1) is 21.2. The number of rotatable bonds is 3. The van der Waals surface area contributed by atoms with Gasteiger partial charge in [0.05, 0.1) is 11.7 Å². The Hall–Kier alpha value is -3.08. The first-order valence-corrected chi connectivity index (χ1v) is 7.92. The molecule has 0 radical (unpaired) electrons. The van der Waals surface area contributed by atoms with Crippen LogP contribution >= 0.6 is 0 Å². The minimum absolute atomic E-state index is 0.0954. The van der Waals surface area contributed by atoms with Crippen LogP contribution in [-0.4, -0.2) is 60.4 Å². The second-order valence-electron chi connectivity index (χ2n) is 6.22. The molecule has 152 valence electrons. The van der Waals surface area contributed by atoms with Crippen LogP contribution in [0.3, 0.4) is 0 Å². The highest BCUT2D eigenvalue weighted by Crippen LogP contribution is 2.33. The van der Waals surface area contributed by atoms with Gasteiger partial charge in [0.15, 0.2) is 5.78 Å². The maximum absolute atomic E-state index is 12.2. The first-order valence-electron chi connectivity index (χ1n) is 7.92. The Bertz CT molecular complexity index is 835. The maximum Gasteiger partial charge on any atom is 0.490 e. The lowest BCUT2D eigenvalue weighted by molar-refractivity contribution is -0.192. The molecule has 8 nitrogen and oxygen atoms in total. The highest BCUT2D eigenvalue weighted by molar-refractivity contribution is 6.01. The molecule has 1 aliphatic heterocycles. The van der Waals surface area contributed by atoms with E-state index in [1.807, 2.05) is 19.0 Å². The zero-order chi connectivity index (χ0) is 21.2. The second-order valence-corrected chi connectivity index (χ2v) is 6.22. The lowest BCUT2D eigenvalue weighted by Gasteiger charge is -2.15. The summed E-state index contributed by atoms with van der Waals surface area (Å²) in [6.45, 7) is 0. The summed E-state index contributed by atoms with van der Waals surface area (Å²) in [5.41, 5.74) is 1.50. The average molecular weight is 402 g/mol. The molecule has 0 bridgehead atoms. The van der Waals surface area contributed by atoms with Gasteiger partial charge >= 0.3 is 12.1 Å². The van der Waals surface area contributed by atoms with Crippen molar-refractivity contribution in [2.75, 3.05) is 19.0 Å². The summed E-state index contributed by atoms with van der Waals surface area (Å²) < 4.78 is 36.9. The predicted octanol–water partition coefficient (Wildman–Crippen LogP) is 1.45. The van der Waals surface area contributed by atoms with E-state index >= 15 is 0 Å². The molecule has 2 unspecified atom stereocenters. The summed E-state index contributed by atoms with van der Waals surface area (Å²) in [6.07, 6.45) is -3.60. The van der Waals surface area contributed by atoms with E-state index in [2.05, 4.69) is 5.32 Å². The number of ether oxygens (including phenoxy) is 1. The quantitative estimate of drug-likeness (QED) is 0.655. The van der Waals surface area contributed by atoms with Crippen LogP contribution in [0.5, 0.6) is 5.75 Å². The number of aromatic hydroxyl groups is 1. The number of hydrogen-bond acceptors (Lipinski definition) is 6. The number of carboxylic acid groups (broad SMARTS) is 1. The number of halogens is 3. The summed E-state index contributed by atoms with van der Waals surface area (Å²) in [7, 11) is 3.69. The molecule has 1 fully saturated rings. The Kier molecular flexibility index (Phi) is 5.98. The smallest absolute Gasteiger partial charge is 0.490 e. The van der Waals surface area contributed by atoms with Crippen molar-refractivity contribution in [3.8, 4) is 5.75 Å². The fraction of sp³-hybridized carbons (Fsp3) is 0.353.